The average molecular weight is 316 g/mol. The molecule has 0 radical (unpaired) electrons. The summed E-state index contributed by atoms with van der Waals surface area (Å²) in [5.74, 6) is -4.11. The van der Waals surface area contributed by atoms with Gasteiger partial charge in [-0.3, -0.25) is 0 Å². The Kier molecular flexibility index (Phi) is 4.43. The minimum atomic E-state index is -5.99. The summed E-state index contributed by atoms with van der Waals surface area (Å²) in [5.41, 5.74) is -5.69. The summed E-state index contributed by atoms with van der Waals surface area (Å²) in [7, 11) is -5.99. The van der Waals surface area contributed by atoms with Crippen molar-refractivity contribution in [2.24, 2.45) is 0 Å². The van der Waals surface area contributed by atoms with E-state index < -0.39 is 39.1 Å². The number of hydrogen-bond donors (Lipinski definition) is 0. The predicted octanol–water partition coefficient (Wildman–Crippen LogP) is 0.740. The molecule has 0 atom stereocenters. The van der Waals surface area contributed by atoms with Gasteiger partial charge in [-0.25, -0.2) is 9.59 Å². The zero-order valence-corrected chi connectivity index (χ0v) is 10.6. The van der Waals surface area contributed by atoms with Gasteiger partial charge < -0.3 is 13.7 Å². The van der Waals surface area contributed by atoms with Crippen molar-refractivity contribution >= 4 is 22.1 Å². The van der Waals surface area contributed by atoms with Crippen molar-refractivity contribution in [1.29, 1.82) is 0 Å². The normalized spacial score (nSPS) is 17.7. The number of rotatable bonds is 4. The van der Waals surface area contributed by atoms with Crippen molar-refractivity contribution in [3.8, 4) is 0 Å². The van der Waals surface area contributed by atoms with Crippen LogP contribution in [0.3, 0.4) is 0 Å². The maximum Gasteiger partial charge on any atom is 0.534 e. The molecule has 0 amide bonds. The van der Waals surface area contributed by atoms with Crippen LogP contribution in [0.15, 0.2) is 23.7 Å². The van der Waals surface area contributed by atoms with E-state index in [0.717, 1.165) is 0 Å². The zero-order chi connectivity index (χ0) is 15.6. The molecule has 1 aliphatic heterocycles. The van der Waals surface area contributed by atoms with E-state index in [-0.39, 0.29) is 6.61 Å². The van der Waals surface area contributed by atoms with E-state index in [0.29, 0.717) is 12.2 Å². The fourth-order valence-electron chi connectivity index (χ4n) is 0.970. The highest BCUT2D eigenvalue weighted by molar-refractivity contribution is 7.87. The summed E-state index contributed by atoms with van der Waals surface area (Å²) in [6.45, 7) is 1.52. The lowest BCUT2D eigenvalue weighted by Crippen LogP contribution is -2.26. The van der Waals surface area contributed by atoms with E-state index in [4.69, 9.17) is 0 Å². The first kappa shape index (κ1) is 16.0. The van der Waals surface area contributed by atoms with Crippen LogP contribution >= 0.6 is 0 Å². The Morgan fingerprint density at radius 3 is 2.55 bits per heavy atom. The molecular formula is C9H7F3O7S. The van der Waals surface area contributed by atoms with Gasteiger partial charge in [-0.05, 0) is 6.92 Å². The molecule has 20 heavy (non-hydrogen) atoms. The quantitative estimate of drug-likeness (QED) is 0.327. The number of ether oxygens (including phenoxy) is 2. The largest absolute Gasteiger partial charge is 0.534 e. The lowest BCUT2D eigenvalue weighted by Gasteiger charge is -2.07. The van der Waals surface area contributed by atoms with E-state index in [2.05, 4.69) is 13.7 Å². The van der Waals surface area contributed by atoms with E-state index in [1.54, 1.807) is 0 Å². The molecular weight excluding hydrogens is 309 g/mol. The minimum Gasteiger partial charge on any atom is -0.463 e. The fourth-order valence-corrected chi connectivity index (χ4v) is 1.42. The molecule has 0 fully saturated rings. The van der Waals surface area contributed by atoms with E-state index in [1.807, 2.05) is 0 Å². The fraction of sp³-hybridized carbons (Fsp3) is 0.333. The summed E-state index contributed by atoms with van der Waals surface area (Å²) in [5, 5.41) is 0. The second-order valence-corrected chi connectivity index (χ2v) is 4.72. The van der Waals surface area contributed by atoms with Crippen molar-refractivity contribution < 1.29 is 44.8 Å². The Morgan fingerprint density at radius 2 is 2.05 bits per heavy atom. The number of esters is 2. The third kappa shape index (κ3) is 3.73. The Morgan fingerprint density at radius 1 is 1.45 bits per heavy atom. The van der Waals surface area contributed by atoms with Gasteiger partial charge in [0.15, 0.2) is 0 Å². The van der Waals surface area contributed by atoms with Gasteiger partial charge in [0, 0.05) is 6.08 Å². The Balaban J connectivity index is 2.93. The molecule has 0 aromatic rings. The second-order valence-electron chi connectivity index (χ2n) is 3.18. The van der Waals surface area contributed by atoms with Gasteiger partial charge in [0.1, 0.15) is 5.76 Å². The van der Waals surface area contributed by atoms with Crippen molar-refractivity contribution in [2.45, 2.75) is 12.4 Å². The smallest absolute Gasteiger partial charge is 0.463 e. The SMILES string of the molecule is CCOC(=O)/C=C1\C=C(OS(=O)(=O)C(F)(F)F)C(=O)O1. The molecule has 0 unspecified atom stereocenters. The van der Waals surface area contributed by atoms with Crippen LogP contribution in [0, 0.1) is 0 Å². The van der Waals surface area contributed by atoms with Gasteiger partial charge in [0.25, 0.3) is 0 Å². The summed E-state index contributed by atoms with van der Waals surface area (Å²) in [4.78, 5) is 22.1. The molecule has 1 heterocycles. The first-order chi connectivity index (χ1) is 9.06. The highest BCUT2D eigenvalue weighted by atomic mass is 32.2. The van der Waals surface area contributed by atoms with Crippen LogP contribution in [0.1, 0.15) is 6.92 Å². The Bertz CT molecular complexity index is 585. The molecule has 0 aliphatic carbocycles. The van der Waals surface area contributed by atoms with Crippen LogP contribution in [0.25, 0.3) is 0 Å². The van der Waals surface area contributed by atoms with Crippen molar-refractivity contribution in [2.75, 3.05) is 6.61 Å². The first-order valence-corrected chi connectivity index (χ1v) is 6.30. The summed E-state index contributed by atoms with van der Waals surface area (Å²) >= 11 is 0. The summed E-state index contributed by atoms with van der Waals surface area (Å²) < 4.78 is 69.8. The second kappa shape index (κ2) is 5.53. The molecule has 0 bridgehead atoms. The highest BCUT2D eigenvalue weighted by Crippen LogP contribution is 2.29. The van der Waals surface area contributed by atoms with Crippen LogP contribution in [0.2, 0.25) is 0 Å². The number of hydrogen-bond acceptors (Lipinski definition) is 7. The van der Waals surface area contributed by atoms with Crippen LogP contribution in [-0.4, -0.2) is 32.5 Å². The van der Waals surface area contributed by atoms with Gasteiger partial charge >= 0.3 is 27.6 Å². The topological polar surface area (TPSA) is 96.0 Å². The molecule has 1 aliphatic rings. The highest BCUT2D eigenvalue weighted by Gasteiger charge is 2.50. The van der Waals surface area contributed by atoms with Gasteiger partial charge in [0.2, 0.25) is 5.76 Å². The van der Waals surface area contributed by atoms with Gasteiger partial charge in [-0.2, -0.15) is 21.6 Å². The van der Waals surface area contributed by atoms with Crippen molar-refractivity contribution in [3.63, 3.8) is 0 Å². The van der Waals surface area contributed by atoms with Gasteiger partial charge in [0.05, 0.1) is 12.7 Å². The zero-order valence-electron chi connectivity index (χ0n) is 9.76. The van der Waals surface area contributed by atoms with Crippen LogP contribution < -0.4 is 0 Å². The molecule has 112 valence electrons. The molecule has 0 aromatic heterocycles. The molecule has 11 heteroatoms. The van der Waals surface area contributed by atoms with Crippen molar-refractivity contribution in [3.05, 3.63) is 23.7 Å². The van der Waals surface area contributed by atoms with Gasteiger partial charge in [-0.15, -0.1) is 0 Å². The molecule has 0 spiro atoms. The summed E-state index contributed by atoms with van der Waals surface area (Å²) in [6, 6.07) is 0. The van der Waals surface area contributed by atoms with E-state index in [1.165, 1.54) is 6.92 Å². The van der Waals surface area contributed by atoms with Crippen LogP contribution in [0.4, 0.5) is 13.2 Å². The maximum absolute atomic E-state index is 12.0. The molecule has 0 saturated heterocycles. The monoisotopic (exact) mass is 316 g/mol. The standard InChI is InChI=1S/C9H7F3O7S/c1-2-17-7(13)4-5-3-6(8(14)18-5)19-20(15,16)9(10,11)12/h3-4H,2H2,1H3/b5-4+. The number of halogens is 3. The lowest BCUT2D eigenvalue weighted by molar-refractivity contribution is -0.137. The number of allylic oxidation sites excluding steroid dienone is 1. The molecule has 0 N–H and O–H groups in total. The van der Waals surface area contributed by atoms with Crippen molar-refractivity contribution in [1.82, 2.24) is 0 Å². The molecule has 0 saturated carbocycles. The van der Waals surface area contributed by atoms with E-state index in [9.17, 15) is 31.2 Å². The molecule has 7 nitrogen and oxygen atoms in total. The van der Waals surface area contributed by atoms with E-state index >= 15 is 0 Å². The average Bonchev–Trinajstić information content (AvgIpc) is 2.56. The number of alkyl halides is 3. The first-order valence-electron chi connectivity index (χ1n) is 4.90. The minimum absolute atomic E-state index is 0.0199. The number of carbonyl (C=O) groups is 2. The predicted molar refractivity (Wildman–Crippen MR) is 55.0 cm³/mol. The third-order valence-corrected chi connectivity index (χ3v) is 2.68. The number of carbonyl (C=O) groups excluding carboxylic acids is 2. The molecule has 0 aromatic carbocycles. The third-order valence-electron chi connectivity index (χ3n) is 1.71. The Labute approximate surface area is 110 Å². The van der Waals surface area contributed by atoms with Gasteiger partial charge in [-0.1, -0.05) is 0 Å². The maximum atomic E-state index is 12.0. The molecule has 1 rings (SSSR count). The Hall–Kier alpha value is -2.04. The van der Waals surface area contributed by atoms with Crippen LogP contribution in [-0.2, 0) is 33.4 Å². The summed E-state index contributed by atoms with van der Waals surface area (Å²) in [6.07, 6.45) is 1.18. The van der Waals surface area contributed by atoms with Crippen LogP contribution in [0.5, 0.6) is 0 Å². The lowest BCUT2D eigenvalue weighted by atomic mass is 10.4. The number of cyclic esters (lactones) is 1.